The van der Waals surface area contributed by atoms with Gasteiger partial charge in [-0.25, -0.2) is 0 Å². The van der Waals surface area contributed by atoms with Crippen LogP contribution in [0.15, 0.2) is 0 Å². The molecule has 0 spiro atoms. The Morgan fingerprint density at radius 3 is 1.80 bits per heavy atom. The summed E-state index contributed by atoms with van der Waals surface area (Å²) in [6.07, 6.45) is 3.26. The van der Waals surface area contributed by atoms with Gasteiger partial charge >= 0.3 is 0 Å². The Kier molecular flexibility index (Phi) is 5.22. The third-order valence-electron chi connectivity index (χ3n) is 3.13. The van der Waals surface area contributed by atoms with Crippen LogP contribution in [-0.4, -0.2) is 74.5 Å². The summed E-state index contributed by atoms with van der Waals surface area (Å²) in [5.41, 5.74) is 0. The Labute approximate surface area is 92.8 Å². The number of carbonyl (C=O) groups is 1. The van der Waals surface area contributed by atoms with E-state index in [2.05, 4.69) is 21.7 Å². The molecule has 0 bridgehead atoms. The van der Waals surface area contributed by atoms with Crippen LogP contribution in [0.2, 0.25) is 0 Å². The van der Waals surface area contributed by atoms with Crippen molar-refractivity contribution in [3.63, 3.8) is 0 Å². The average molecular weight is 213 g/mol. The van der Waals surface area contributed by atoms with Crippen LogP contribution in [0.25, 0.3) is 0 Å². The van der Waals surface area contributed by atoms with Gasteiger partial charge in [0.25, 0.3) is 0 Å². The van der Waals surface area contributed by atoms with E-state index in [1.165, 1.54) is 0 Å². The second kappa shape index (κ2) is 6.20. The quantitative estimate of drug-likeness (QED) is 0.577. The molecule has 1 saturated heterocycles. The minimum absolute atomic E-state index is 0.0478. The van der Waals surface area contributed by atoms with Crippen LogP contribution in [0.5, 0.6) is 0 Å². The summed E-state index contributed by atoms with van der Waals surface area (Å²) < 4.78 is 0. The van der Waals surface area contributed by atoms with Crippen molar-refractivity contribution < 1.29 is 4.79 Å². The van der Waals surface area contributed by atoms with Crippen molar-refractivity contribution in [3.05, 3.63) is 0 Å². The molecule has 0 amide bonds. The number of hydrogen-bond acceptors (Lipinski definition) is 4. The molecule has 1 fully saturated rings. The molecule has 0 aliphatic carbocycles. The molecule has 0 aromatic rings. The normalized spacial score (nSPS) is 25.3. The number of carbonyl (C=O) groups excluding carboxylic acids is 1. The van der Waals surface area contributed by atoms with E-state index in [9.17, 15) is 4.79 Å². The van der Waals surface area contributed by atoms with E-state index in [-0.39, 0.29) is 6.17 Å². The zero-order chi connectivity index (χ0) is 11.3. The minimum atomic E-state index is -0.0478. The molecule has 1 aliphatic rings. The summed E-state index contributed by atoms with van der Waals surface area (Å²) in [5.74, 6) is 0. The predicted molar refractivity (Wildman–Crippen MR) is 61.8 cm³/mol. The van der Waals surface area contributed by atoms with Gasteiger partial charge in [-0.3, -0.25) is 9.80 Å². The molecule has 0 saturated carbocycles. The Morgan fingerprint density at radius 1 is 0.933 bits per heavy atom. The molecule has 1 heterocycles. The van der Waals surface area contributed by atoms with Crippen molar-refractivity contribution in [2.24, 2.45) is 0 Å². The van der Waals surface area contributed by atoms with Crippen molar-refractivity contribution in [1.82, 2.24) is 14.7 Å². The Morgan fingerprint density at radius 2 is 1.40 bits per heavy atom. The van der Waals surface area contributed by atoms with Gasteiger partial charge in [0.15, 0.2) is 6.29 Å². The maximum absolute atomic E-state index is 11.0. The fraction of sp³-hybridized carbons (Fsp3) is 0.909. The number of likely N-dealkylation sites (N-methyl/N-ethyl adjacent to an activating group) is 2. The van der Waals surface area contributed by atoms with Crippen LogP contribution >= 0.6 is 0 Å². The Balaban J connectivity index is 2.55. The number of hydrogen-bond donors (Lipinski definition) is 0. The van der Waals surface area contributed by atoms with Crippen molar-refractivity contribution in [3.8, 4) is 0 Å². The van der Waals surface area contributed by atoms with Gasteiger partial charge in [-0.05, 0) is 47.1 Å². The first-order valence-electron chi connectivity index (χ1n) is 5.69. The lowest BCUT2D eigenvalue weighted by Crippen LogP contribution is -2.48. The fourth-order valence-corrected chi connectivity index (χ4v) is 2.10. The summed E-state index contributed by atoms with van der Waals surface area (Å²) in [4.78, 5) is 17.6. The first kappa shape index (κ1) is 12.6. The van der Waals surface area contributed by atoms with Crippen molar-refractivity contribution >= 4 is 6.29 Å². The lowest BCUT2D eigenvalue weighted by molar-refractivity contribution is -0.117. The smallest absolute Gasteiger partial charge is 0.151 e. The van der Waals surface area contributed by atoms with E-state index in [4.69, 9.17) is 0 Å². The lowest BCUT2D eigenvalue weighted by atomic mass is 10.2. The molecule has 15 heavy (non-hydrogen) atoms. The monoisotopic (exact) mass is 213 g/mol. The molecular weight excluding hydrogens is 190 g/mol. The molecule has 0 aromatic heterocycles. The Hall–Kier alpha value is -0.450. The van der Waals surface area contributed by atoms with Crippen LogP contribution in [-0.2, 0) is 4.79 Å². The molecular formula is C11H23N3O. The van der Waals surface area contributed by atoms with Gasteiger partial charge in [0.2, 0.25) is 0 Å². The summed E-state index contributed by atoms with van der Waals surface area (Å²) in [7, 11) is 6.22. The topological polar surface area (TPSA) is 26.8 Å². The highest BCUT2D eigenvalue weighted by Crippen LogP contribution is 2.05. The van der Waals surface area contributed by atoms with Crippen LogP contribution in [0.3, 0.4) is 0 Å². The highest BCUT2D eigenvalue weighted by Gasteiger charge is 2.19. The molecule has 1 aliphatic heterocycles. The van der Waals surface area contributed by atoms with E-state index < -0.39 is 0 Å². The highest BCUT2D eigenvalue weighted by atomic mass is 16.1. The van der Waals surface area contributed by atoms with E-state index >= 15 is 0 Å². The summed E-state index contributed by atoms with van der Waals surface area (Å²) in [6, 6.07) is 0. The zero-order valence-electron chi connectivity index (χ0n) is 10.1. The maximum atomic E-state index is 11.0. The third kappa shape index (κ3) is 3.89. The second-order valence-corrected chi connectivity index (χ2v) is 4.52. The van der Waals surface area contributed by atoms with E-state index in [1.54, 1.807) is 0 Å². The summed E-state index contributed by atoms with van der Waals surface area (Å²) >= 11 is 0. The van der Waals surface area contributed by atoms with Gasteiger partial charge in [0.05, 0.1) is 0 Å². The lowest BCUT2D eigenvalue weighted by Gasteiger charge is -2.33. The maximum Gasteiger partial charge on any atom is 0.151 e. The molecule has 0 radical (unpaired) electrons. The van der Waals surface area contributed by atoms with Crippen LogP contribution in [0, 0.1) is 0 Å². The van der Waals surface area contributed by atoms with Gasteiger partial charge in [0.1, 0.15) is 6.17 Å². The van der Waals surface area contributed by atoms with Crippen molar-refractivity contribution in [2.45, 2.75) is 19.0 Å². The standard InChI is InChI=1S/C11H23N3O/c1-12-6-4-8-13(2)11(10-15)14(3)9-5-7-12/h10-11H,4-9H2,1-3H3. The van der Waals surface area contributed by atoms with Gasteiger partial charge in [0, 0.05) is 13.1 Å². The largest absolute Gasteiger partial charge is 0.306 e. The first-order valence-corrected chi connectivity index (χ1v) is 5.69. The molecule has 0 N–H and O–H groups in total. The third-order valence-corrected chi connectivity index (χ3v) is 3.13. The molecule has 0 unspecified atom stereocenters. The number of aldehydes is 1. The predicted octanol–water partition coefficient (Wildman–Crippen LogP) is 0.101. The van der Waals surface area contributed by atoms with Crippen molar-refractivity contribution in [2.75, 3.05) is 47.3 Å². The Bertz CT molecular complexity index is 182. The zero-order valence-corrected chi connectivity index (χ0v) is 10.1. The highest BCUT2D eigenvalue weighted by molar-refractivity contribution is 5.56. The minimum Gasteiger partial charge on any atom is -0.306 e. The van der Waals surface area contributed by atoms with Gasteiger partial charge < -0.3 is 9.69 Å². The van der Waals surface area contributed by atoms with Crippen LogP contribution in [0.1, 0.15) is 12.8 Å². The van der Waals surface area contributed by atoms with E-state index in [1.807, 2.05) is 14.1 Å². The average Bonchev–Trinajstić information content (AvgIpc) is 2.18. The summed E-state index contributed by atoms with van der Waals surface area (Å²) in [5, 5.41) is 0. The SMILES string of the molecule is CN1CCCN(C)C(C=O)N(C)CCC1. The van der Waals surface area contributed by atoms with Gasteiger partial charge in [-0.2, -0.15) is 0 Å². The second-order valence-electron chi connectivity index (χ2n) is 4.52. The first-order chi connectivity index (χ1) is 7.15. The van der Waals surface area contributed by atoms with Crippen LogP contribution < -0.4 is 0 Å². The van der Waals surface area contributed by atoms with Gasteiger partial charge in [-0.1, -0.05) is 0 Å². The van der Waals surface area contributed by atoms with Crippen molar-refractivity contribution in [1.29, 1.82) is 0 Å². The fourth-order valence-electron chi connectivity index (χ4n) is 2.10. The van der Waals surface area contributed by atoms with Gasteiger partial charge in [-0.15, -0.1) is 0 Å². The van der Waals surface area contributed by atoms with E-state index in [0.717, 1.165) is 45.3 Å². The molecule has 4 heteroatoms. The van der Waals surface area contributed by atoms with E-state index in [0.29, 0.717) is 0 Å². The number of rotatable bonds is 1. The molecule has 4 nitrogen and oxygen atoms in total. The van der Waals surface area contributed by atoms with Crippen LogP contribution in [0.4, 0.5) is 0 Å². The molecule has 1 rings (SSSR count). The summed E-state index contributed by atoms with van der Waals surface area (Å²) in [6.45, 7) is 4.22. The molecule has 88 valence electrons. The molecule has 0 aromatic carbocycles. The molecule has 0 atom stereocenters. The number of nitrogens with zero attached hydrogens (tertiary/aromatic N) is 3.